The normalized spacial score (nSPS) is 12.1. The van der Waals surface area contributed by atoms with Gasteiger partial charge in [0.05, 0.1) is 6.04 Å². The lowest BCUT2D eigenvalue weighted by atomic mass is 9.96. The molecule has 0 aliphatic carbocycles. The second-order valence-corrected chi connectivity index (χ2v) is 4.47. The number of aryl methyl sites for hydroxylation is 1. The van der Waals surface area contributed by atoms with Crippen LogP contribution in [0.2, 0.25) is 0 Å². The summed E-state index contributed by atoms with van der Waals surface area (Å²) < 4.78 is 26.2. The number of hydrogen-bond donors (Lipinski definition) is 1. The minimum Gasteiger partial charge on any atom is -0.321 e. The Kier molecular flexibility index (Phi) is 7.02. The minimum absolute atomic E-state index is 0. The van der Waals surface area contributed by atoms with Gasteiger partial charge in [-0.1, -0.05) is 13.8 Å². The van der Waals surface area contributed by atoms with E-state index in [0.717, 1.165) is 18.2 Å². The summed E-state index contributed by atoms with van der Waals surface area (Å²) in [6, 6.07) is 2.70. The average molecular weight is 278 g/mol. The molecule has 1 aromatic rings. The summed E-state index contributed by atoms with van der Waals surface area (Å²) in [4.78, 5) is 11.6. The third-order valence-corrected chi connectivity index (χ3v) is 2.74. The van der Waals surface area contributed by atoms with Gasteiger partial charge in [-0.3, -0.25) is 4.79 Å². The fourth-order valence-electron chi connectivity index (χ4n) is 1.53. The fourth-order valence-corrected chi connectivity index (χ4v) is 1.53. The Morgan fingerprint density at radius 3 is 2.50 bits per heavy atom. The number of ketones is 1. The first-order valence-electron chi connectivity index (χ1n) is 5.64. The lowest BCUT2D eigenvalue weighted by Gasteiger charge is -2.14. The van der Waals surface area contributed by atoms with E-state index >= 15 is 0 Å². The van der Waals surface area contributed by atoms with Crippen LogP contribution < -0.4 is 5.73 Å². The van der Waals surface area contributed by atoms with Gasteiger partial charge >= 0.3 is 0 Å². The molecule has 0 aromatic heterocycles. The highest BCUT2D eigenvalue weighted by atomic mass is 35.5. The van der Waals surface area contributed by atoms with Gasteiger partial charge < -0.3 is 5.73 Å². The first kappa shape index (κ1) is 17.0. The molecule has 5 heteroatoms. The van der Waals surface area contributed by atoms with E-state index in [1.54, 1.807) is 0 Å². The van der Waals surface area contributed by atoms with Crippen molar-refractivity contribution in [1.82, 2.24) is 0 Å². The van der Waals surface area contributed by atoms with Crippen LogP contribution in [0.1, 0.15) is 25.8 Å². The van der Waals surface area contributed by atoms with E-state index in [1.807, 2.05) is 13.8 Å². The average Bonchev–Trinajstić information content (AvgIpc) is 2.28. The monoisotopic (exact) mass is 277 g/mol. The Morgan fingerprint density at radius 2 is 1.94 bits per heavy atom. The Hall–Kier alpha value is -1.00. The molecule has 18 heavy (non-hydrogen) atoms. The van der Waals surface area contributed by atoms with E-state index in [-0.39, 0.29) is 42.5 Å². The number of benzene rings is 1. The van der Waals surface area contributed by atoms with Crippen LogP contribution in [0.4, 0.5) is 8.78 Å². The summed E-state index contributed by atoms with van der Waals surface area (Å²) >= 11 is 0. The van der Waals surface area contributed by atoms with Gasteiger partial charge in [0.1, 0.15) is 17.4 Å². The summed E-state index contributed by atoms with van der Waals surface area (Å²) in [5, 5.41) is 0. The van der Waals surface area contributed by atoms with Crippen LogP contribution in [0.15, 0.2) is 18.2 Å². The lowest BCUT2D eigenvalue weighted by Crippen LogP contribution is -2.35. The molecule has 0 fully saturated rings. The summed E-state index contributed by atoms with van der Waals surface area (Å²) in [7, 11) is 0. The molecule has 0 saturated heterocycles. The van der Waals surface area contributed by atoms with Gasteiger partial charge in [-0.15, -0.1) is 12.4 Å². The third-order valence-electron chi connectivity index (χ3n) is 2.74. The highest BCUT2D eigenvalue weighted by Crippen LogP contribution is 2.13. The largest absolute Gasteiger partial charge is 0.321 e. The predicted molar refractivity (Wildman–Crippen MR) is 69.7 cm³/mol. The molecule has 0 saturated carbocycles. The molecular formula is C13H18ClF2NO. The van der Waals surface area contributed by atoms with Crippen LogP contribution in [0.25, 0.3) is 0 Å². The minimum atomic E-state index is -0.536. The molecule has 102 valence electrons. The zero-order chi connectivity index (χ0) is 13.0. The van der Waals surface area contributed by atoms with Gasteiger partial charge in [-0.05, 0) is 36.1 Å². The number of carbonyl (C=O) groups is 1. The molecule has 2 nitrogen and oxygen atoms in total. The maximum atomic E-state index is 13.3. The van der Waals surface area contributed by atoms with E-state index in [1.165, 1.54) is 0 Å². The maximum absolute atomic E-state index is 13.3. The van der Waals surface area contributed by atoms with Crippen molar-refractivity contribution in [3.05, 3.63) is 35.4 Å². The highest BCUT2D eigenvalue weighted by molar-refractivity contribution is 5.85. The Labute approximate surface area is 112 Å². The fraction of sp³-hybridized carbons (Fsp3) is 0.462. The molecule has 0 aliphatic rings. The molecule has 2 N–H and O–H groups in total. The van der Waals surface area contributed by atoms with E-state index in [0.29, 0.717) is 0 Å². The number of carbonyl (C=O) groups excluding carboxylic acids is 1. The van der Waals surface area contributed by atoms with Gasteiger partial charge in [0, 0.05) is 6.42 Å². The molecule has 1 atom stereocenters. The Balaban J connectivity index is 0.00000289. The van der Waals surface area contributed by atoms with Crippen LogP contribution in [0.3, 0.4) is 0 Å². The molecule has 0 bridgehead atoms. The highest BCUT2D eigenvalue weighted by Gasteiger charge is 2.17. The van der Waals surface area contributed by atoms with Crippen molar-refractivity contribution in [1.29, 1.82) is 0 Å². The van der Waals surface area contributed by atoms with Gasteiger partial charge in [-0.25, -0.2) is 8.78 Å². The molecule has 1 rings (SSSR count). The Bertz CT molecular complexity index is 410. The SMILES string of the molecule is CC(C)[C@@H](N)C(=O)CCc1cc(F)ccc1F.Cl. The molecule has 0 amide bonds. The number of halogens is 3. The lowest BCUT2D eigenvalue weighted by molar-refractivity contribution is -0.121. The standard InChI is InChI=1S/C13H17F2NO.ClH/c1-8(2)13(16)12(17)6-3-9-7-10(14)4-5-11(9)15;/h4-5,7-8,13H,3,6,16H2,1-2H3;1H/t13-;/m1./s1. The van der Waals surface area contributed by atoms with E-state index in [9.17, 15) is 13.6 Å². The summed E-state index contributed by atoms with van der Waals surface area (Å²) in [6.45, 7) is 3.71. The molecule has 0 unspecified atom stereocenters. The summed E-state index contributed by atoms with van der Waals surface area (Å²) in [5.74, 6) is -1.05. The zero-order valence-electron chi connectivity index (χ0n) is 10.5. The molecule has 0 radical (unpaired) electrons. The van der Waals surface area contributed by atoms with Crippen LogP contribution in [-0.2, 0) is 11.2 Å². The van der Waals surface area contributed by atoms with Crippen LogP contribution >= 0.6 is 12.4 Å². The van der Waals surface area contributed by atoms with Crippen LogP contribution in [-0.4, -0.2) is 11.8 Å². The summed E-state index contributed by atoms with van der Waals surface area (Å²) in [6.07, 6.45) is 0.322. The first-order valence-corrected chi connectivity index (χ1v) is 5.64. The van der Waals surface area contributed by atoms with Crippen molar-refractivity contribution < 1.29 is 13.6 Å². The topological polar surface area (TPSA) is 43.1 Å². The van der Waals surface area contributed by atoms with Crippen LogP contribution in [0, 0.1) is 17.6 Å². The molecule has 0 aliphatic heterocycles. The van der Waals surface area contributed by atoms with E-state index in [4.69, 9.17) is 5.73 Å². The number of rotatable bonds is 5. The second kappa shape index (κ2) is 7.44. The van der Waals surface area contributed by atoms with Crippen molar-refractivity contribution in [2.75, 3.05) is 0 Å². The quantitative estimate of drug-likeness (QED) is 0.899. The Morgan fingerprint density at radius 1 is 1.33 bits per heavy atom. The van der Waals surface area contributed by atoms with Gasteiger partial charge in [0.15, 0.2) is 0 Å². The second-order valence-electron chi connectivity index (χ2n) is 4.47. The molecule has 1 aromatic carbocycles. The first-order chi connectivity index (χ1) is 7.91. The number of hydrogen-bond acceptors (Lipinski definition) is 2. The van der Waals surface area contributed by atoms with Gasteiger partial charge in [-0.2, -0.15) is 0 Å². The summed E-state index contributed by atoms with van der Waals surface area (Å²) in [5.41, 5.74) is 5.89. The smallest absolute Gasteiger partial charge is 0.150 e. The maximum Gasteiger partial charge on any atom is 0.150 e. The van der Waals surface area contributed by atoms with Crippen molar-refractivity contribution in [2.24, 2.45) is 11.7 Å². The van der Waals surface area contributed by atoms with Crippen molar-refractivity contribution >= 4 is 18.2 Å². The number of nitrogens with two attached hydrogens (primary N) is 1. The van der Waals surface area contributed by atoms with Crippen molar-refractivity contribution in [3.63, 3.8) is 0 Å². The number of Topliss-reactive ketones (excluding diaryl/α,β-unsaturated/α-hetero) is 1. The van der Waals surface area contributed by atoms with E-state index < -0.39 is 17.7 Å². The van der Waals surface area contributed by atoms with Crippen molar-refractivity contribution in [3.8, 4) is 0 Å². The van der Waals surface area contributed by atoms with Crippen molar-refractivity contribution in [2.45, 2.75) is 32.7 Å². The molecule has 0 spiro atoms. The van der Waals surface area contributed by atoms with Gasteiger partial charge in [0.2, 0.25) is 0 Å². The predicted octanol–water partition coefficient (Wildman–Crippen LogP) is 2.87. The van der Waals surface area contributed by atoms with E-state index in [2.05, 4.69) is 0 Å². The van der Waals surface area contributed by atoms with Crippen LogP contribution in [0.5, 0.6) is 0 Å². The third kappa shape index (κ3) is 4.70. The molecular weight excluding hydrogens is 260 g/mol. The van der Waals surface area contributed by atoms with Gasteiger partial charge in [0.25, 0.3) is 0 Å². The zero-order valence-corrected chi connectivity index (χ0v) is 11.3. The molecule has 0 heterocycles.